The molecule has 0 amide bonds. The van der Waals surface area contributed by atoms with Crippen LogP contribution in [-0.2, 0) is 21.8 Å². The molecule has 0 unspecified atom stereocenters. The Bertz CT molecular complexity index is 1410. The molecule has 4 rings (SSSR count). The average Bonchev–Trinajstić information content (AvgIpc) is 3.17. The lowest BCUT2D eigenvalue weighted by atomic mass is 9.88. The Hall–Kier alpha value is -2.01. The predicted molar refractivity (Wildman–Crippen MR) is 141 cm³/mol. The van der Waals surface area contributed by atoms with E-state index in [1.54, 1.807) is 34.7 Å². The van der Waals surface area contributed by atoms with Gasteiger partial charge in [-0.05, 0) is 65.6 Å². The standard InChI is InChI=1S/C25H29FIN3O3S/c1-25(2,3)24-28-20-13-18(9-10-21(20)30(24)16-17-7-5-4-6-8-17)34(32,33)19-11-12-29(22(26)15-27)23(31)14-19/h9-15,17H,4-8,16H2,1-3H3/b22-15+. The fourth-order valence-electron chi connectivity index (χ4n) is 4.66. The van der Waals surface area contributed by atoms with Crippen LogP contribution in [0.2, 0.25) is 0 Å². The maximum Gasteiger partial charge on any atom is 0.258 e. The molecule has 1 aliphatic rings. The Morgan fingerprint density at radius 2 is 1.82 bits per heavy atom. The number of hydrogen-bond acceptors (Lipinski definition) is 4. The second-order valence-electron chi connectivity index (χ2n) is 9.96. The van der Waals surface area contributed by atoms with Gasteiger partial charge in [-0.15, -0.1) is 0 Å². The van der Waals surface area contributed by atoms with E-state index >= 15 is 0 Å². The van der Waals surface area contributed by atoms with E-state index in [-0.39, 0.29) is 15.2 Å². The molecule has 34 heavy (non-hydrogen) atoms. The third-order valence-electron chi connectivity index (χ3n) is 6.39. The summed E-state index contributed by atoms with van der Waals surface area (Å²) in [4.78, 5) is 17.0. The van der Waals surface area contributed by atoms with E-state index in [1.807, 2.05) is 6.07 Å². The number of imidazole rings is 1. The van der Waals surface area contributed by atoms with E-state index in [0.29, 0.717) is 11.4 Å². The molecule has 9 heteroatoms. The molecule has 1 fully saturated rings. The molecule has 182 valence electrons. The molecule has 0 N–H and O–H groups in total. The van der Waals surface area contributed by atoms with Crippen molar-refractivity contribution in [2.24, 2.45) is 5.92 Å². The minimum atomic E-state index is -3.97. The summed E-state index contributed by atoms with van der Waals surface area (Å²) in [5.41, 5.74) is 0.584. The molecule has 1 saturated carbocycles. The summed E-state index contributed by atoms with van der Waals surface area (Å²) in [7, 11) is -3.97. The van der Waals surface area contributed by atoms with Gasteiger partial charge in [0, 0.05) is 28.3 Å². The van der Waals surface area contributed by atoms with Crippen LogP contribution in [0.5, 0.6) is 0 Å². The molecule has 6 nitrogen and oxygen atoms in total. The first kappa shape index (κ1) is 25.1. The van der Waals surface area contributed by atoms with Crippen molar-refractivity contribution in [3.05, 3.63) is 56.8 Å². The van der Waals surface area contributed by atoms with Crippen LogP contribution in [0, 0.1) is 5.92 Å². The molecule has 3 aromatic rings. The molecule has 1 aliphatic carbocycles. The predicted octanol–water partition coefficient (Wildman–Crippen LogP) is 6.07. The minimum Gasteiger partial charge on any atom is -0.327 e. The Labute approximate surface area is 213 Å². The third kappa shape index (κ3) is 4.86. The molecular formula is C25H29FIN3O3S. The number of rotatable bonds is 5. The van der Waals surface area contributed by atoms with Gasteiger partial charge in [-0.1, -0.05) is 40.0 Å². The smallest absolute Gasteiger partial charge is 0.258 e. The fourth-order valence-corrected chi connectivity index (χ4v) is 6.24. The quantitative estimate of drug-likeness (QED) is 0.335. The summed E-state index contributed by atoms with van der Waals surface area (Å²) in [6, 6.07) is 7.14. The number of benzene rings is 1. The lowest BCUT2D eigenvalue weighted by Gasteiger charge is -2.26. The zero-order chi connectivity index (χ0) is 24.7. The van der Waals surface area contributed by atoms with Crippen LogP contribution in [0.15, 0.2) is 55.2 Å². The van der Waals surface area contributed by atoms with Crippen LogP contribution in [0.25, 0.3) is 17.0 Å². The van der Waals surface area contributed by atoms with Crippen molar-refractivity contribution in [1.29, 1.82) is 0 Å². The second-order valence-corrected chi connectivity index (χ2v) is 12.5. The zero-order valence-electron chi connectivity index (χ0n) is 19.6. The molecule has 0 bridgehead atoms. The number of halogens is 2. The summed E-state index contributed by atoms with van der Waals surface area (Å²) >= 11 is 1.68. The Morgan fingerprint density at radius 3 is 2.44 bits per heavy atom. The molecule has 0 saturated heterocycles. The number of nitrogens with zero attached hydrogens (tertiary/aromatic N) is 3. The summed E-state index contributed by atoms with van der Waals surface area (Å²) < 4.78 is 44.5. The summed E-state index contributed by atoms with van der Waals surface area (Å²) in [6.07, 6.45) is 7.33. The van der Waals surface area contributed by atoms with Crippen molar-refractivity contribution >= 4 is 49.4 Å². The Balaban J connectivity index is 1.77. The lowest BCUT2D eigenvalue weighted by Crippen LogP contribution is -2.22. The highest BCUT2D eigenvalue weighted by Crippen LogP contribution is 2.33. The first-order valence-corrected chi connectivity index (χ1v) is 14.2. The SMILES string of the molecule is CC(C)(C)c1nc2cc(S(=O)(=O)c3ccn(/C(F)=C/I)c(=O)c3)ccc2n1CC1CCCCC1. The number of fused-ring (bicyclic) bond motifs is 1. The van der Waals surface area contributed by atoms with Gasteiger partial charge in [0.25, 0.3) is 5.56 Å². The first-order valence-electron chi connectivity index (χ1n) is 11.5. The van der Waals surface area contributed by atoms with Crippen LogP contribution in [0.1, 0.15) is 58.7 Å². The topological polar surface area (TPSA) is 74.0 Å². The van der Waals surface area contributed by atoms with E-state index in [0.717, 1.165) is 38.8 Å². The van der Waals surface area contributed by atoms with Crippen molar-refractivity contribution in [3.63, 3.8) is 0 Å². The van der Waals surface area contributed by atoms with Gasteiger partial charge in [-0.25, -0.2) is 13.4 Å². The monoisotopic (exact) mass is 597 g/mol. The molecule has 2 aromatic heterocycles. The molecule has 0 atom stereocenters. The van der Waals surface area contributed by atoms with Crippen molar-refractivity contribution in [1.82, 2.24) is 14.1 Å². The van der Waals surface area contributed by atoms with Crippen LogP contribution in [0.4, 0.5) is 4.39 Å². The van der Waals surface area contributed by atoms with Gasteiger partial charge in [0.05, 0.1) is 20.8 Å². The zero-order valence-corrected chi connectivity index (χ0v) is 22.6. The second kappa shape index (κ2) is 9.56. The van der Waals surface area contributed by atoms with E-state index in [4.69, 9.17) is 4.98 Å². The molecule has 0 radical (unpaired) electrons. The maximum absolute atomic E-state index is 13.8. The van der Waals surface area contributed by atoms with E-state index in [9.17, 15) is 17.6 Å². The van der Waals surface area contributed by atoms with Crippen LogP contribution in [-0.4, -0.2) is 22.5 Å². The van der Waals surface area contributed by atoms with Gasteiger partial charge in [0.1, 0.15) is 5.82 Å². The van der Waals surface area contributed by atoms with Gasteiger partial charge < -0.3 is 4.57 Å². The van der Waals surface area contributed by atoms with E-state index < -0.39 is 21.3 Å². The Morgan fingerprint density at radius 1 is 1.15 bits per heavy atom. The minimum absolute atomic E-state index is 0.0600. The average molecular weight is 597 g/mol. The summed E-state index contributed by atoms with van der Waals surface area (Å²) in [6.45, 7) is 7.22. The van der Waals surface area contributed by atoms with Crippen molar-refractivity contribution in [2.75, 3.05) is 0 Å². The number of aromatic nitrogens is 3. The van der Waals surface area contributed by atoms with Gasteiger partial charge in [-0.3, -0.25) is 9.36 Å². The molecule has 0 aliphatic heterocycles. The highest BCUT2D eigenvalue weighted by atomic mass is 127. The third-order valence-corrected chi connectivity index (χ3v) is 8.65. The number of hydrogen-bond donors (Lipinski definition) is 0. The molecule has 2 heterocycles. The van der Waals surface area contributed by atoms with Crippen LogP contribution < -0.4 is 5.56 Å². The number of pyridine rings is 1. The summed E-state index contributed by atoms with van der Waals surface area (Å²) in [5, 5.41) is 0. The first-order chi connectivity index (χ1) is 16.0. The van der Waals surface area contributed by atoms with Gasteiger partial charge in [0.15, 0.2) is 0 Å². The summed E-state index contributed by atoms with van der Waals surface area (Å²) in [5.74, 6) is 0.764. The maximum atomic E-state index is 13.8. The van der Waals surface area contributed by atoms with Gasteiger partial charge >= 0.3 is 0 Å². The van der Waals surface area contributed by atoms with Crippen molar-refractivity contribution in [3.8, 4) is 0 Å². The lowest BCUT2D eigenvalue weighted by molar-refractivity contribution is 0.313. The molecular weight excluding hydrogens is 568 g/mol. The van der Waals surface area contributed by atoms with E-state index in [1.165, 1.54) is 38.2 Å². The van der Waals surface area contributed by atoms with Crippen LogP contribution >= 0.6 is 22.6 Å². The number of sulfone groups is 1. The Kier molecular flexibility index (Phi) is 7.06. The largest absolute Gasteiger partial charge is 0.327 e. The highest BCUT2D eigenvalue weighted by Gasteiger charge is 2.27. The van der Waals surface area contributed by atoms with Gasteiger partial charge in [-0.2, -0.15) is 4.39 Å². The van der Waals surface area contributed by atoms with E-state index in [2.05, 4.69) is 25.3 Å². The molecule has 1 aromatic carbocycles. The fraction of sp³-hybridized carbons (Fsp3) is 0.440. The van der Waals surface area contributed by atoms with Crippen LogP contribution in [0.3, 0.4) is 0 Å². The van der Waals surface area contributed by atoms with Gasteiger partial charge in [0.2, 0.25) is 15.8 Å². The van der Waals surface area contributed by atoms with Crippen molar-refractivity contribution < 1.29 is 12.8 Å². The highest BCUT2D eigenvalue weighted by molar-refractivity contribution is 14.1. The normalized spacial score (nSPS) is 16.3. The molecule has 0 spiro atoms. The van der Waals surface area contributed by atoms with Crippen molar-refractivity contribution in [2.45, 2.75) is 74.6 Å².